The predicted molar refractivity (Wildman–Crippen MR) is 67.0 cm³/mol. The molecule has 0 bridgehead atoms. The Balaban J connectivity index is 1.99. The minimum Gasteiger partial charge on any atom is -0.398 e. The van der Waals surface area contributed by atoms with Crippen molar-refractivity contribution in [1.82, 2.24) is 0 Å². The number of aryl methyl sites for hydroxylation is 1. The van der Waals surface area contributed by atoms with Crippen molar-refractivity contribution in [2.24, 2.45) is 4.99 Å². The minimum atomic E-state index is 0.400. The molecule has 0 atom stereocenters. The normalized spacial score (nSPS) is 24.6. The lowest BCUT2D eigenvalue weighted by Crippen LogP contribution is -2.33. The maximum absolute atomic E-state index is 5.87. The molecule has 0 radical (unpaired) electrons. The van der Waals surface area contributed by atoms with Crippen LogP contribution in [0.5, 0.6) is 0 Å². The van der Waals surface area contributed by atoms with Gasteiger partial charge in [-0.2, -0.15) is 0 Å². The summed E-state index contributed by atoms with van der Waals surface area (Å²) in [7, 11) is 1.75. The largest absolute Gasteiger partial charge is 0.398 e. The van der Waals surface area contributed by atoms with Crippen molar-refractivity contribution in [2.45, 2.75) is 31.9 Å². The van der Waals surface area contributed by atoms with Crippen LogP contribution in [0.25, 0.3) is 0 Å². The van der Waals surface area contributed by atoms with E-state index in [1.54, 1.807) is 7.11 Å². The third-order valence-corrected chi connectivity index (χ3v) is 3.07. The molecule has 1 aliphatic rings. The highest BCUT2D eigenvalue weighted by molar-refractivity contribution is 5.87. The molecule has 0 heterocycles. The van der Waals surface area contributed by atoms with Crippen molar-refractivity contribution in [3.8, 4) is 0 Å². The van der Waals surface area contributed by atoms with Crippen molar-refractivity contribution in [3.63, 3.8) is 0 Å². The number of nitrogen functional groups attached to an aromatic ring is 1. The van der Waals surface area contributed by atoms with Crippen molar-refractivity contribution >= 4 is 11.9 Å². The van der Waals surface area contributed by atoms with E-state index in [1.165, 1.54) is 5.56 Å². The van der Waals surface area contributed by atoms with E-state index in [1.807, 2.05) is 18.3 Å². The van der Waals surface area contributed by atoms with Crippen LogP contribution in [0.2, 0.25) is 0 Å². The number of anilines is 1. The van der Waals surface area contributed by atoms with Gasteiger partial charge in [0.1, 0.15) is 0 Å². The third kappa shape index (κ3) is 2.42. The molecular formula is C13H18N2O. The summed E-state index contributed by atoms with van der Waals surface area (Å²) in [5.41, 5.74) is 8.88. The number of hydrogen-bond acceptors (Lipinski definition) is 3. The highest BCUT2D eigenvalue weighted by Gasteiger charge is 2.27. The van der Waals surface area contributed by atoms with Gasteiger partial charge in [0, 0.05) is 24.6 Å². The van der Waals surface area contributed by atoms with Crippen molar-refractivity contribution in [1.29, 1.82) is 0 Å². The number of rotatable bonds is 3. The second-order valence-corrected chi connectivity index (χ2v) is 4.39. The summed E-state index contributed by atoms with van der Waals surface area (Å²) in [5, 5.41) is 0. The molecule has 1 fully saturated rings. The lowest BCUT2D eigenvalue weighted by Gasteiger charge is -2.30. The van der Waals surface area contributed by atoms with E-state index >= 15 is 0 Å². The molecule has 2 N–H and O–H groups in total. The number of ether oxygens (including phenoxy) is 1. The fourth-order valence-corrected chi connectivity index (χ4v) is 1.84. The van der Waals surface area contributed by atoms with Crippen LogP contribution in [-0.4, -0.2) is 25.5 Å². The molecule has 86 valence electrons. The average Bonchev–Trinajstić information content (AvgIpc) is 2.21. The SMILES string of the molecule is COC1CC(N=Cc2cc(C)ccc2N)C1. The Labute approximate surface area is 96.3 Å². The molecule has 3 nitrogen and oxygen atoms in total. The molecule has 0 amide bonds. The quantitative estimate of drug-likeness (QED) is 0.624. The van der Waals surface area contributed by atoms with Gasteiger partial charge in [-0.25, -0.2) is 0 Å². The Morgan fingerprint density at radius 3 is 2.88 bits per heavy atom. The number of nitrogens with two attached hydrogens (primary N) is 1. The van der Waals surface area contributed by atoms with Crippen molar-refractivity contribution in [2.75, 3.05) is 12.8 Å². The van der Waals surface area contributed by atoms with Gasteiger partial charge in [0.25, 0.3) is 0 Å². The smallest absolute Gasteiger partial charge is 0.0612 e. The maximum Gasteiger partial charge on any atom is 0.0612 e. The summed E-state index contributed by atoms with van der Waals surface area (Å²) in [6, 6.07) is 6.40. The Morgan fingerprint density at radius 2 is 2.19 bits per heavy atom. The first kappa shape index (κ1) is 11.1. The molecule has 16 heavy (non-hydrogen) atoms. The molecule has 1 saturated carbocycles. The third-order valence-electron chi connectivity index (χ3n) is 3.07. The summed E-state index contributed by atoms with van der Waals surface area (Å²) in [6.45, 7) is 2.06. The van der Waals surface area contributed by atoms with Crippen LogP contribution < -0.4 is 5.73 Å². The van der Waals surface area contributed by atoms with Gasteiger partial charge < -0.3 is 10.5 Å². The predicted octanol–water partition coefficient (Wildman–Crippen LogP) is 2.17. The molecule has 1 aromatic rings. The summed E-state index contributed by atoms with van der Waals surface area (Å²) in [4.78, 5) is 4.51. The lowest BCUT2D eigenvalue weighted by molar-refractivity contribution is 0.0286. The van der Waals surface area contributed by atoms with E-state index in [-0.39, 0.29) is 0 Å². The van der Waals surface area contributed by atoms with Crippen LogP contribution in [0.1, 0.15) is 24.0 Å². The van der Waals surface area contributed by atoms with Gasteiger partial charge >= 0.3 is 0 Å². The minimum absolute atomic E-state index is 0.400. The number of hydrogen-bond donors (Lipinski definition) is 1. The second kappa shape index (κ2) is 4.66. The molecule has 0 spiro atoms. The summed E-state index contributed by atoms with van der Waals surface area (Å²) in [6.07, 6.45) is 4.34. The van der Waals surface area contributed by atoms with E-state index in [2.05, 4.69) is 18.0 Å². The van der Waals surface area contributed by atoms with E-state index in [9.17, 15) is 0 Å². The van der Waals surface area contributed by atoms with Crippen molar-refractivity contribution in [3.05, 3.63) is 29.3 Å². The molecule has 0 aromatic heterocycles. The molecule has 1 aromatic carbocycles. The Hall–Kier alpha value is -1.35. The number of nitrogens with zero attached hydrogens (tertiary/aromatic N) is 1. The van der Waals surface area contributed by atoms with Gasteiger partial charge in [-0.3, -0.25) is 4.99 Å². The van der Waals surface area contributed by atoms with Crippen LogP contribution in [-0.2, 0) is 4.74 Å². The fourth-order valence-electron chi connectivity index (χ4n) is 1.84. The Kier molecular flexibility index (Phi) is 3.25. The summed E-state index contributed by atoms with van der Waals surface area (Å²) in [5.74, 6) is 0. The first-order valence-corrected chi connectivity index (χ1v) is 5.61. The zero-order chi connectivity index (χ0) is 11.5. The molecule has 0 unspecified atom stereocenters. The van der Waals surface area contributed by atoms with Gasteiger partial charge in [-0.05, 0) is 31.9 Å². The molecular weight excluding hydrogens is 200 g/mol. The average molecular weight is 218 g/mol. The molecule has 2 rings (SSSR count). The van der Waals surface area contributed by atoms with E-state index in [0.29, 0.717) is 12.1 Å². The molecule has 1 aliphatic carbocycles. The molecule has 0 saturated heterocycles. The first-order chi connectivity index (χ1) is 7.69. The molecule has 0 aliphatic heterocycles. The topological polar surface area (TPSA) is 47.6 Å². The van der Waals surface area contributed by atoms with Gasteiger partial charge in [0.05, 0.1) is 12.1 Å². The highest BCUT2D eigenvalue weighted by atomic mass is 16.5. The van der Waals surface area contributed by atoms with E-state index < -0.39 is 0 Å². The van der Waals surface area contributed by atoms with E-state index in [4.69, 9.17) is 10.5 Å². The van der Waals surface area contributed by atoms with Crippen molar-refractivity contribution < 1.29 is 4.74 Å². The standard InChI is InChI=1S/C13H18N2O/c1-9-3-4-13(14)10(5-9)8-15-11-6-12(7-11)16-2/h3-5,8,11-12H,6-7,14H2,1-2H3. The summed E-state index contributed by atoms with van der Waals surface area (Å²) < 4.78 is 5.21. The second-order valence-electron chi connectivity index (χ2n) is 4.39. The highest BCUT2D eigenvalue weighted by Crippen LogP contribution is 2.25. The van der Waals surface area contributed by atoms with E-state index in [0.717, 1.165) is 24.1 Å². The number of aliphatic imine (C=N–C) groups is 1. The van der Waals surface area contributed by atoms with Gasteiger partial charge in [0.15, 0.2) is 0 Å². The van der Waals surface area contributed by atoms with Crippen LogP contribution in [0.3, 0.4) is 0 Å². The summed E-state index contributed by atoms with van der Waals surface area (Å²) >= 11 is 0. The Morgan fingerprint density at radius 1 is 1.44 bits per heavy atom. The lowest BCUT2D eigenvalue weighted by atomic mass is 9.90. The van der Waals surface area contributed by atoms with Gasteiger partial charge in [-0.1, -0.05) is 11.6 Å². The van der Waals surface area contributed by atoms with Crippen LogP contribution in [0.15, 0.2) is 23.2 Å². The Bertz CT molecular complexity index is 395. The zero-order valence-corrected chi connectivity index (χ0v) is 9.81. The number of methoxy groups -OCH3 is 1. The van der Waals surface area contributed by atoms with Crippen LogP contribution >= 0.6 is 0 Å². The molecule has 3 heteroatoms. The van der Waals surface area contributed by atoms with Gasteiger partial charge in [0.2, 0.25) is 0 Å². The zero-order valence-electron chi connectivity index (χ0n) is 9.81. The fraction of sp³-hybridized carbons (Fsp3) is 0.462. The van der Waals surface area contributed by atoms with Crippen LogP contribution in [0.4, 0.5) is 5.69 Å². The first-order valence-electron chi connectivity index (χ1n) is 5.61. The number of benzene rings is 1. The van der Waals surface area contributed by atoms with Gasteiger partial charge in [-0.15, -0.1) is 0 Å². The maximum atomic E-state index is 5.87. The monoisotopic (exact) mass is 218 g/mol. The van der Waals surface area contributed by atoms with Crippen LogP contribution in [0, 0.1) is 6.92 Å².